The Morgan fingerprint density at radius 2 is 2.04 bits per heavy atom. The number of anilines is 1. The number of thiazole rings is 1. The Balaban J connectivity index is 2.08. The number of ether oxygens (including phenoxy) is 1. The third-order valence-electron chi connectivity index (χ3n) is 3.46. The molecule has 0 radical (unpaired) electrons. The maximum atomic E-state index is 5.31. The molecule has 3 aromatic rings. The van der Waals surface area contributed by atoms with E-state index >= 15 is 0 Å². The van der Waals surface area contributed by atoms with Gasteiger partial charge in [0.25, 0.3) is 0 Å². The van der Waals surface area contributed by atoms with E-state index in [-0.39, 0.29) is 0 Å². The Bertz CT molecular complexity index is 829. The number of nitrogens with one attached hydrogen (secondary N) is 1. The van der Waals surface area contributed by atoms with Crippen LogP contribution in [0.1, 0.15) is 26.5 Å². The smallest absolute Gasteiger partial charge is 0.183 e. The minimum Gasteiger partial charge on any atom is -0.497 e. The lowest BCUT2D eigenvalue weighted by Crippen LogP contribution is -2.09. The first-order valence-electron chi connectivity index (χ1n) is 7.67. The van der Waals surface area contributed by atoms with Crippen LogP contribution in [0.4, 0.5) is 5.13 Å². The standard InChI is InChI=1S/C17H20N4OS/c1-5-13-12-7-6-11(22-4)8-14(12)20-16(19-13)15-9-23-17(21-15)18-10(2)3/h6-10H,5H2,1-4H3,(H,18,21). The van der Waals surface area contributed by atoms with Gasteiger partial charge in [0.1, 0.15) is 11.4 Å². The van der Waals surface area contributed by atoms with Gasteiger partial charge < -0.3 is 10.1 Å². The van der Waals surface area contributed by atoms with Gasteiger partial charge in [-0.05, 0) is 32.4 Å². The van der Waals surface area contributed by atoms with Gasteiger partial charge in [0, 0.05) is 22.9 Å². The fourth-order valence-electron chi connectivity index (χ4n) is 2.38. The molecule has 1 aromatic carbocycles. The summed E-state index contributed by atoms with van der Waals surface area (Å²) >= 11 is 1.57. The summed E-state index contributed by atoms with van der Waals surface area (Å²) in [5.74, 6) is 1.46. The Hall–Kier alpha value is -2.21. The second-order valence-corrected chi connectivity index (χ2v) is 6.43. The summed E-state index contributed by atoms with van der Waals surface area (Å²) in [5, 5.41) is 7.26. The quantitative estimate of drug-likeness (QED) is 0.762. The van der Waals surface area contributed by atoms with E-state index in [9.17, 15) is 0 Å². The molecular formula is C17H20N4OS. The number of aromatic nitrogens is 3. The maximum absolute atomic E-state index is 5.31. The molecular weight excluding hydrogens is 308 g/mol. The number of rotatable bonds is 5. The van der Waals surface area contributed by atoms with Crippen molar-refractivity contribution in [2.75, 3.05) is 12.4 Å². The van der Waals surface area contributed by atoms with Gasteiger partial charge >= 0.3 is 0 Å². The predicted octanol–water partition coefficient (Wildman–Crippen LogP) is 4.14. The Morgan fingerprint density at radius 1 is 1.22 bits per heavy atom. The van der Waals surface area contributed by atoms with E-state index in [1.165, 1.54) is 0 Å². The fourth-order valence-corrected chi connectivity index (χ4v) is 3.21. The van der Waals surface area contributed by atoms with Crippen LogP contribution in [0, 0.1) is 0 Å². The van der Waals surface area contributed by atoms with Crippen LogP contribution < -0.4 is 10.1 Å². The molecule has 0 aliphatic rings. The van der Waals surface area contributed by atoms with Crippen molar-refractivity contribution in [2.45, 2.75) is 33.2 Å². The molecule has 0 bridgehead atoms. The zero-order valence-corrected chi connectivity index (χ0v) is 14.6. The van der Waals surface area contributed by atoms with Gasteiger partial charge in [-0.2, -0.15) is 0 Å². The number of fused-ring (bicyclic) bond motifs is 1. The van der Waals surface area contributed by atoms with Crippen LogP contribution >= 0.6 is 11.3 Å². The van der Waals surface area contributed by atoms with Gasteiger partial charge in [-0.3, -0.25) is 0 Å². The number of hydrogen-bond acceptors (Lipinski definition) is 6. The molecule has 0 spiro atoms. The lowest BCUT2D eigenvalue weighted by molar-refractivity contribution is 0.415. The average molecular weight is 328 g/mol. The third kappa shape index (κ3) is 3.27. The van der Waals surface area contributed by atoms with Crippen molar-refractivity contribution in [3.8, 4) is 17.3 Å². The van der Waals surface area contributed by atoms with Crippen molar-refractivity contribution < 1.29 is 4.74 Å². The minimum absolute atomic E-state index is 0.349. The van der Waals surface area contributed by atoms with E-state index in [2.05, 4.69) is 36.1 Å². The molecule has 0 aliphatic heterocycles. The van der Waals surface area contributed by atoms with Gasteiger partial charge in [0.15, 0.2) is 11.0 Å². The maximum Gasteiger partial charge on any atom is 0.183 e. The van der Waals surface area contributed by atoms with Crippen LogP contribution in [0.15, 0.2) is 23.6 Å². The van der Waals surface area contributed by atoms with Crippen molar-refractivity contribution in [1.82, 2.24) is 15.0 Å². The van der Waals surface area contributed by atoms with Crippen molar-refractivity contribution in [3.63, 3.8) is 0 Å². The minimum atomic E-state index is 0.349. The lowest BCUT2D eigenvalue weighted by Gasteiger charge is -2.08. The summed E-state index contributed by atoms with van der Waals surface area (Å²) in [6, 6.07) is 6.25. The topological polar surface area (TPSA) is 59.9 Å². The summed E-state index contributed by atoms with van der Waals surface area (Å²) in [6.45, 7) is 6.28. The zero-order chi connectivity index (χ0) is 16.4. The van der Waals surface area contributed by atoms with Crippen LogP contribution in [-0.4, -0.2) is 28.1 Å². The number of aryl methyl sites for hydroxylation is 1. The van der Waals surface area contributed by atoms with E-state index in [0.29, 0.717) is 11.9 Å². The van der Waals surface area contributed by atoms with Crippen LogP contribution in [-0.2, 0) is 6.42 Å². The summed E-state index contributed by atoms with van der Waals surface area (Å²) < 4.78 is 5.31. The first-order valence-corrected chi connectivity index (χ1v) is 8.55. The van der Waals surface area contributed by atoms with Crippen molar-refractivity contribution in [2.24, 2.45) is 0 Å². The van der Waals surface area contributed by atoms with Crippen molar-refractivity contribution in [1.29, 1.82) is 0 Å². The normalized spacial score (nSPS) is 11.2. The first kappa shape index (κ1) is 15.7. The summed E-state index contributed by atoms with van der Waals surface area (Å²) in [7, 11) is 1.66. The molecule has 0 aliphatic carbocycles. The molecule has 0 fully saturated rings. The second kappa shape index (κ2) is 6.50. The van der Waals surface area contributed by atoms with Gasteiger partial charge in [-0.25, -0.2) is 15.0 Å². The molecule has 0 amide bonds. The SMILES string of the molecule is CCc1nc(-c2csc(NC(C)C)n2)nc2cc(OC)ccc12. The predicted molar refractivity (Wildman–Crippen MR) is 95.3 cm³/mol. The molecule has 3 rings (SSSR count). The monoisotopic (exact) mass is 328 g/mol. The van der Waals surface area contributed by atoms with Gasteiger partial charge in [0.2, 0.25) is 0 Å². The van der Waals surface area contributed by atoms with Crippen molar-refractivity contribution in [3.05, 3.63) is 29.3 Å². The highest BCUT2D eigenvalue weighted by atomic mass is 32.1. The van der Waals surface area contributed by atoms with E-state index in [1.54, 1.807) is 18.4 Å². The summed E-state index contributed by atoms with van der Waals surface area (Å²) in [6.07, 6.45) is 0.847. The molecule has 120 valence electrons. The highest BCUT2D eigenvalue weighted by Crippen LogP contribution is 2.27. The molecule has 0 atom stereocenters. The van der Waals surface area contributed by atoms with Crippen LogP contribution in [0.5, 0.6) is 5.75 Å². The Labute approximate surface area is 139 Å². The largest absolute Gasteiger partial charge is 0.497 e. The van der Waals surface area contributed by atoms with E-state index in [0.717, 1.165) is 39.6 Å². The summed E-state index contributed by atoms with van der Waals surface area (Å²) in [5.41, 5.74) is 2.72. The van der Waals surface area contributed by atoms with Crippen molar-refractivity contribution >= 4 is 27.4 Å². The third-order valence-corrected chi connectivity index (χ3v) is 4.24. The molecule has 5 nitrogen and oxygen atoms in total. The van der Waals surface area contributed by atoms with E-state index in [4.69, 9.17) is 9.72 Å². The molecule has 23 heavy (non-hydrogen) atoms. The van der Waals surface area contributed by atoms with Gasteiger partial charge in [-0.1, -0.05) is 6.92 Å². The molecule has 0 unspecified atom stereocenters. The Kier molecular flexibility index (Phi) is 4.43. The molecule has 2 heterocycles. The number of hydrogen-bond donors (Lipinski definition) is 1. The number of methoxy groups -OCH3 is 1. The summed E-state index contributed by atoms with van der Waals surface area (Å²) in [4.78, 5) is 14.0. The van der Waals surface area contributed by atoms with Crippen LogP contribution in [0.25, 0.3) is 22.4 Å². The Morgan fingerprint density at radius 3 is 2.74 bits per heavy atom. The zero-order valence-electron chi connectivity index (χ0n) is 13.8. The molecule has 2 aromatic heterocycles. The number of benzene rings is 1. The van der Waals surface area contributed by atoms with Gasteiger partial charge in [-0.15, -0.1) is 11.3 Å². The average Bonchev–Trinajstić information content (AvgIpc) is 3.00. The second-order valence-electron chi connectivity index (χ2n) is 5.57. The number of nitrogens with zero attached hydrogens (tertiary/aromatic N) is 3. The lowest BCUT2D eigenvalue weighted by atomic mass is 10.1. The molecule has 0 saturated heterocycles. The van der Waals surface area contributed by atoms with Crippen LogP contribution in [0.2, 0.25) is 0 Å². The first-order chi connectivity index (χ1) is 11.1. The highest BCUT2D eigenvalue weighted by Gasteiger charge is 2.12. The van der Waals surface area contributed by atoms with E-state index in [1.807, 2.05) is 23.6 Å². The molecule has 0 saturated carbocycles. The molecule has 6 heteroatoms. The fraction of sp³-hybridized carbons (Fsp3) is 0.353. The highest BCUT2D eigenvalue weighted by molar-refractivity contribution is 7.14. The van der Waals surface area contributed by atoms with E-state index < -0.39 is 0 Å². The van der Waals surface area contributed by atoms with Crippen LogP contribution in [0.3, 0.4) is 0 Å². The molecule has 1 N–H and O–H groups in total. The van der Waals surface area contributed by atoms with Gasteiger partial charge in [0.05, 0.1) is 18.3 Å².